The van der Waals surface area contributed by atoms with Gasteiger partial charge in [-0.2, -0.15) is 0 Å². The van der Waals surface area contributed by atoms with E-state index in [0.717, 1.165) is 24.3 Å². The Morgan fingerprint density at radius 3 is 2.69 bits per heavy atom. The molecule has 1 aromatic rings. The van der Waals surface area contributed by atoms with Gasteiger partial charge in [0, 0.05) is 32.6 Å². The van der Waals surface area contributed by atoms with E-state index in [1.54, 1.807) is 19.0 Å². The number of carbonyl (C=O) groups is 1. The molecule has 0 saturated heterocycles. The number of guanidine groups is 1. The lowest BCUT2D eigenvalue weighted by molar-refractivity contribution is -0.127. The van der Waals surface area contributed by atoms with Crippen molar-refractivity contribution in [1.29, 1.82) is 0 Å². The molecule has 0 radical (unpaired) electrons. The lowest BCUT2D eigenvalue weighted by Gasteiger charge is -2.38. The Labute approximate surface area is 157 Å². The molecule has 1 aromatic carbocycles. The summed E-state index contributed by atoms with van der Waals surface area (Å²) in [7, 11) is 3.48. The minimum atomic E-state index is -0.269. The highest BCUT2D eigenvalue weighted by molar-refractivity contribution is 5.85. The number of rotatable bonds is 5. The van der Waals surface area contributed by atoms with Crippen molar-refractivity contribution in [3.63, 3.8) is 0 Å². The summed E-state index contributed by atoms with van der Waals surface area (Å²) in [5, 5.41) is 6.85. The van der Waals surface area contributed by atoms with Gasteiger partial charge in [0.05, 0.1) is 6.04 Å². The average molecular weight is 361 g/mol. The number of likely N-dealkylation sites (N-methyl/N-ethyl adjacent to an activating group) is 1. The van der Waals surface area contributed by atoms with Gasteiger partial charge >= 0.3 is 0 Å². The van der Waals surface area contributed by atoms with Gasteiger partial charge in [0.25, 0.3) is 0 Å². The molecule has 0 bridgehead atoms. The van der Waals surface area contributed by atoms with Crippen molar-refractivity contribution in [2.24, 2.45) is 10.9 Å². The van der Waals surface area contributed by atoms with Gasteiger partial charge in [-0.15, -0.1) is 0 Å². The van der Waals surface area contributed by atoms with Crippen LogP contribution in [0.5, 0.6) is 5.75 Å². The maximum atomic E-state index is 11.9. The summed E-state index contributed by atoms with van der Waals surface area (Å²) in [6.07, 6.45) is 0.814. The van der Waals surface area contributed by atoms with Crippen LogP contribution >= 0.6 is 0 Å². The Hall–Kier alpha value is -2.24. The highest BCUT2D eigenvalue weighted by Crippen LogP contribution is 2.39. The third-order valence-electron chi connectivity index (χ3n) is 4.24. The number of carbonyl (C=O) groups excluding carboxylic acids is 1. The van der Waals surface area contributed by atoms with Crippen LogP contribution in [-0.2, 0) is 4.79 Å². The highest BCUT2D eigenvalue weighted by Gasteiger charge is 2.34. The lowest BCUT2D eigenvalue weighted by atomic mass is 9.90. The van der Waals surface area contributed by atoms with E-state index < -0.39 is 0 Å². The molecule has 0 spiro atoms. The fourth-order valence-electron chi connectivity index (χ4n) is 2.84. The number of hydrogen-bond donors (Lipinski definition) is 2. The Morgan fingerprint density at radius 2 is 2.04 bits per heavy atom. The van der Waals surface area contributed by atoms with Crippen molar-refractivity contribution < 1.29 is 9.53 Å². The fraction of sp³-hybridized carbons (Fsp3) is 0.600. The molecule has 2 N–H and O–H groups in total. The van der Waals surface area contributed by atoms with Crippen LogP contribution in [0.2, 0.25) is 0 Å². The van der Waals surface area contributed by atoms with E-state index in [1.165, 1.54) is 0 Å². The summed E-state index contributed by atoms with van der Waals surface area (Å²) in [6.45, 7) is 9.37. The molecule has 2 rings (SSSR count). The molecule has 1 atom stereocenters. The molecule has 0 aromatic heterocycles. The second-order valence-corrected chi connectivity index (χ2v) is 8.03. The minimum Gasteiger partial charge on any atom is -0.487 e. The van der Waals surface area contributed by atoms with E-state index in [-0.39, 0.29) is 24.1 Å². The topological polar surface area (TPSA) is 66.0 Å². The Morgan fingerprint density at radius 1 is 1.35 bits per heavy atom. The van der Waals surface area contributed by atoms with Gasteiger partial charge in [0.2, 0.25) is 5.91 Å². The van der Waals surface area contributed by atoms with Crippen molar-refractivity contribution in [1.82, 2.24) is 15.5 Å². The first-order chi connectivity index (χ1) is 12.2. The monoisotopic (exact) mass is 360 g/mol. The predicted octanol–water partition coefficient (Wildman–Crippen LogP) is 2.57. The van der Waals surface area contributed by atoms with E-state index in [9.17, 15) is 4.79 Å². The van der Waals surface area contributed by atoms with Gasteiger partial charge in [-0.25, -0.2) is 4.99 Å². The van der Waals surface area contributed by atoms with Crippen LogP contribution in [0.3, 0.4) is 0 Å². The van der Waals surface area contributed by atoms with Crippen molar-refractivity contribution >= 4 is 11.9 Å². The zero-order chi connectivity index (χ0) is 19.3. The number of benzene rings is 1. The number of amides is 1. The normalized spacial score (nSPS) is 18.7. The van der Waals surface area contributed by atoms with E-state index in [4.69, 9.17) is 4.74 Å². The van der Waals surface area contributed by atoms with Crippen LogP contribution in [0.1, 0.15) is 45.7 Å². The number of nitrogens with zero attached hydrogens (tertiary/aromatic N) is 2. The summed E-state index contributed by atoms with van der Waals surface area (Å²) in [5.41, 5.74) is 0.846. The van der Waals surface area contributed by atoms with Gasteiger partial charge < -0.3 is 20.3 Å². The molecule has 0 fully saturated rings. The van der Waals surface area contributed by atoms with Crippen molar-refractivity contribution in [2.45, 2.75) is 45.8 Å². The second-order valence-electron chi connectivity index (χ2n) is 8.03. The zero-order valence-electron chi connectivity index (χ0n) is 16.8. The largest absolute Gasteiger partial charge is 0.487 e. The standard InChI is InChI=1S/C20H32N4O2/c1-14(2)12-21-19(22-13-18(25)24(5)6)23-16-11-20(3,4)26-17-10-8-7-9-15(16)17/h7-10,14,16H,11-13H2,1-6H3,(H2,21,22,23). The maximum absolute atomic E-state index is 11.9. The molecule has 6 nitrogen and oxygen atoms in total. The summed E-state index contributed by atoms with van der Waals surface area (Å²) in [5.74, 6) is 2.01. The van der Waals surface area contributed by atoms with Crippen LogP contribution in [0, 0.1) is 5.92 Å². The molecule has 1 heterocycles. The van der Waals surface area contributed by atoms with Crippen molar-refractivity contribution in [2.75, 3.05) is 27.2 Å². The molecule has 0 aliphatic carbocycles. The lowest BCUT2D eigenvalue weighted by Crippen LogP contribution is -2.46. The molecule has 144 valence electrons. The average Bonchev–Trinajstić information content (AvgIpc) is 2.55. The highest BCUT2D eigenvalue weighted by atomic mass is 16.5. The van der Waals surface area contributed by atoms with Crippen LogP contribution in [-0.4, -0.2) is 49.6 Å². The van der Waals surface area contributed by atoms with Crippen LogP contribution in [0.4, 0.5) is 0 Å². The second kappa shape index (κ2) is 8.43. The first-order valence-corrected chi connectivity index (χ1v) is 9.21. The Kier molecular flexibility index (Phi) is 6.51. The van der Waals surface area contributed by atoms with Crippen LogP contribution < -0.4 is 15.4 Å². The van der Waals surface area contributed by atoms with Gasteiger partial charge in [-0.3, -0.25) is 4.79 Å². The van der Waals surface area contributed by atoms with E-state index in [0.29, 0.717) is 11.9 Å². The van der Waals surface area contributed by atoms with Crippen molar-refractivity contribution in [3.8, 4) is 5.75 Å². The number of hydrogen-bond acceptors (Lipinski definition) is 3. The Balaban J connectivity index is 2.20. The molecule has 0 saturated carbocycles. The number of nitrogens with one attached hydrogen (secondary N) is 2. The smallest absolute Gasteiger partial charge is 0.243 e. The van der Waals surface area contributed by atoms with E-state index in [2.05, 4.69) is 49.4 Å². The SMILES string of the molecule is CC(C)CNC(=NCC(=O)N(C)C)NC1CC(C)(C)Oc2ccccc21. The molecule has 6 heteroatoms. The summed E-state index contributed by atoms with van der Waals surface area (Å²) in [4.78, 5) is 18.0. The molecule has 1 amide bonds. The van der Waals surface area contributed by atoms with Crippen LogP contribution in [0.25, 0.3) is 0 Å². The molecule has 26 heavy (non-hydrogen) atoms. The first-order valence-electron chi connectivity index (χ1n) is 9.21. The summed E-state index contributed by atoms with van der Waals surface area (Å²) in [6, 6.07) is 8.15. The van der Waals surface area contributed by atoms with Gasteiger partial charge in [-0.1, -0.05) is 32.0 Å². The fourth-order valence-corrected chi connectivity index (χ4v) is 2.84. The number of para-hydroxylation sites is 1. The minimum absolute atomic E-state index is 0.0247. The number of aliphatic imine (C=N–C) groups is 1. The molecule has 1 aliphatic heterocycles. The molecular weight excluding hydrogens is 328 g/mol. The van der Waals surface area contributed by atoms with E-state index >= 15 is 0 Å². The molecule has 1 aliphatic rings. The quantitative estimate of drug-likeness (QED) is 0.626. The predicted molar refractivity (Wildman–Crippen MR) is 105 cm³/mol. The molecular formula is C20H32N4O2. The van der Waals surface area contributed by atoms with Gasteiger partial charge in [0.15, 0.2) is 5.96 Å². The number of fused-ring (bicyclic) bond motifs is 1. The Bertz CT molecular complexity index is 653. The van der Waals surface area contributed by atoms with Gasteiger partial charge in [-0.05, 0) is 25.8 Å². The van der Waals surface area contributed by atoms with Crippen molar-refractivity contribution in [3.05, 3.63) is 29.8 Å². The maximum Gasteiger partial charge on any atom is 0.243 e. The van der Waals surface area contributed by atoms with E-state index in [1.807, 2.05) is 18.2 Å². The molecule has 1 unspecified atom stereocenters. The third-order valence-corrected chi connectivity index (χ3v) is 4.24. The first kappa shape index (κ1) is 20.1. The zero-order valence-corrected chi connectivity index (χ0v) is 16.8. The van der Waals surface area contributed by atoms with Gasteiger partial charge in [0.1, 0.15) is 17.9 Å². The number of ether oxygens (including phenoxy) is 1. The third kappa shape index (κ3) is 5.64. The summed E-state index contributed by atoms with van der Waals surface area (Å²) >= 11 is 0. The van der Waals surface area contributed by atoms with Crippen LogP contribution in [0.15, 0.2) is 29.3 Å². The summed E-state index contributed by atoms with van der Waals surface area (Å²) < 4.78 is 6.10.